The molecular formula is C14H8BrClF3N3. The molecule has 0 amide bonds. The van der Waals surface area contributed by atoms with Gasteiger partial charge in [0.25, 0.3) is 0 Å². The van der Waals surface area contributed by atoms with E-state index in [-0.39, 0.29) is 17.1 Å². The number of hydrogen-bond acceptors (Lipinski definition) is 2. The molecular weight excluding hydrogens is 383 g/mol. The van der Waals surface area contributed by atoms with Crippen LogP contribution in [-0.4, -0.2) is 14.8 Å². The highest BCUT2D eigenvalue weighted by Gasteiger charge is 2.34. The lowest BCUT2D eigenvalue weighted by Crippen LogP contribution is -2.13. The molecule has 22 heavy (non-hydrogen) atoms. The number of alkyl halides is 3. The molecule has 0 aliphatic rings. The molecule has 114 valence electrons. The standard InChI is InChI=1S/C14H8BrClF3N3/c15-13-8-4-5-20-6-12(8)22(21-13)7-9-10(14(17,18)19)2-1-3-11(9)16/h1-6H,7H2. The van der Waals surface area contributed by atoms with E-state index in [0.29, 0.717) is 10.1 Å². The van der Waals surface area contributed by atoms with Crippen LogP contribution in [0.4, 0.5) is 13.2 Å². The molecule has 0 radical (unpaired) electrons. The van der Waals surface area contributed by atoms with Crippen molar-refractivity contribution in [2.75, 3.05) is 0 Å². The fourth-order valence-electron chi connectivity index (χ4n) is 2.24. The number of fused-ring (bicyclic) bond motifs is 1. The molecule has 0 atom stereocenters. The fraction of sp³-hybridized carbons (Fsp3) is 0.143. The van der Waals surface area contributed by atoms with Crippen LogP contribution in [0, 0.1) is 0 Å². The van der Waals surface area contributed by atoms with E-state index in [4.69, 9.17) is 11.6 Å². The van der Waals surface area contributed by atoms with Crippen LogP contribution in [0.25, 0.3) is 10.9 Å². The highest BCUT2D eigenvalue weighted by molar-refractivity contribution is 9.10. The Balaban J connectivity index is 2.14. The van der Waals surface area contributed by atoms with Crippen molar-refractivity contribution in [3.05, 3.63) is 57.4 Å². The van der Waals surface area contributed by atoms with Gasteiger partial charge in [0.1, 0.15) is 4.60 Å². The van der Waals surface area contributed by atoms with Crippen molar-refractivity contribution in [3.63, 3.8) is 0 Å². The highest BCUT2D eigenvalue weighted by Crippen LogP contribution is 2.36. The summed E-state index contributed by atoms with van der Waals surface area (Å²) in [5.41, 5.74) is -0.150. The molecule has 1 aromatic carbocycles. The number of pyridine rings is 1. The molecule has 0 bridgehead atoms. The molecule has 0 unspecified atom stereocenters. The number of hydrogen-bond donors (Lipinski definition) is 0. The predicted octanol–water partition coefficient (Wildman–Crippen LogP) is 4.91. The Labute approximate surface area is 136 Å². The van der Waals surface area contributed by atoms with E-state index in [0.717, 1.165) is 11.5 Å². The average molecular weight is 391 g/mol. The molecule has 3 aromatic rings. The number of rotatable bonds is 2. The lowest BCUT2D eigenvalue weighted by Gasteiger charge is -2.14. The van der Waals surface area contributed by atoms with Crippen molar-refractivity contribution in [2.45, 2.75) is 12.7 Å². The van der Waals surface area contributed by atoms with Crippen LogP contribution in [0.5, 0.6) is 0 Å². The molecule has 0 aliphatic heterocycles. The van der Waals surface area contributed by atoms with Crippen LogP contribution < -0.4 is 0 Å². The Morgan fingerprint density at radius 2 is 2.00 bits per heavy atom. The van der Waals surface area contributed by atoms with Crippen molar-refractivity contribution < 1.29 is 13.2 Å². The van der Waals surface area contributed by atoms with Gasteiger partial charge in [-0.1, -0.05) is 17.7 Å². The van der Waals surface area contributed by atoms with E-state index in [2.05, 4.69) is 26.0 Å². The first kappa shape index (κ1) is 15.3. The van der Waals surface area contributed by atoms with Gasteiger partial charge < -0.3 is 0 Å². The van der Waals surface area contributed by atoms with Crippen LogP contribution in [0.15, 0.2) is 41.3 Å². The summed E-state index contributed by atoms with van der Waals surface area (Å²) in [5.74, 6) is 0. The molecule has 0 saturated heterocycles. The summed E-state index contributed by atoms with van der Waals surface area (Å²) in [6.07, 6.45) is -1.33. The molecule has 2 heterocycles. The van der Waals surface area contributed by atoms with E-state index < -0.39 is 11.7 Å². The third kappa shape index (κ3) is 2.70. The zero-order chi connectivity index (χ0) is 15.9. The third-order valence-corrected chi connectivity index (χ3v) is 4.18. The molecule has 0 fully saturated rings. The lowest BCUT2D eigenvalue weighted by atomic mass is 10.1. The average Bonchev–Trinajstić information content (AvgIpc) is 2.77. The fourth-order valence-corrected chi connectivity index (χ4v) is 3.00. The van der Waals surface area contributed by atoms with Gasteiger partial charge in [-0.2, -0.15) is 18.3 Å². The molecule has 3 nitrogen and oxygen atoms in total. The Kier molecular flexibility index (Phi) is 3.86. The minimum Gasteiger partial charge on any atom is -0.262 e. The Bertz CT molecular complexity index is 845. The van der Waals surface area contributed by atoms with Gasteiger partial charge >= 0.3 is 6.18 Å². The summed E-state index contributed by atoms with van der Waals surface area (Å²) in [7, 11) is 0. The van der Waals surface area contributed by atoms with Crippen LogP contribution in [0.1, 0.15) is 11.1 Å². The summed E-state index contributed by atoms with van der Waals surface area (Å²) in [6, 6.07) is 5.47. The largest absolute Gasteiger partial charge is 0.416 e. The zero-order valence-electron chi connectivity index (χ0n) is 10.9. The van der Waals surface area contributed by atoms with Gasteiger partial charge in [-0.15, -0.1) is 0 Å². The first-order valence-electron chi connectivity index (χ1n) is 6.18. The maximum atomic E-state index is 13.1. The second-order valence-electron chi connectivity index (χ2n) is 4.60. The smallest absolute Gasteiger partial charge is 0.262 e. The summed E-state index contributed by atoms with van der Waals surface area (Å²) >= 11 is 9.27. The summed E-state index contributed by atoms with van der Waals surface area (Å²) in [6.45, 7) is -0.0949. The monoisotopic (exact) mass is 389 g/mol. The van der Waals surface area contributed by atoms with Crippen molar-refractivity contribution >= 4 is 38.4 Å². The normalized spacial score (nSPS) is 12.0. The second kappa shape index (κ2) is 5.55. The molecule has 0 spiro atoms. The Hall–Kier alpha value is -1.60. The molecule has 0 N–H and O–H groups in total. The van der Waals surface area contributed by atoms with E-state index in [9.17, 15) is 13.2 Å². The second-order valence-corrected chi connectivity index (χ2v) is 5.76. The van der Waals surface area contributed by atoms with Gasteiger partial charge in [0.15, 0.2) is 0 Å². The Morgan fingerprint density at radius 1 is 1.23 bits per heavy atom. The molecule has 3 rings (SSSR count). The van der Waals surface area contributed by atoms with Crippen LogP contribution in [-0.2, 0) is 12.7 Å². The number of nitrogens with zero attached hydrogens (tertiary/aromatic N) is 3. The number of aromatic nitrogens is 3. The molecule has 2 aromatic heterocycles. The number of halogens is 5. The molecule has 8 heteroatoms. The maximum Gasteiger partial charge on any atom is 0.416 e. The van der Waals surface area contributed by atoms with Gasteiger partial charge in [0.2, 0.25) is 0 Å². The minimum atomic E-state index is -4.47. The first-order valence-corrected chi connectivity index (χ1v) is 7.35. The lowest BCUT2D eigenvalue weighted by molar-refractivity contribution is -0.138. The maximum absolute atomic E-state index is 13.1. The quantitative estimate of drug-likeness (QED) is 0.622. The van der Waals surface area contributed by atoms with Gasteiger partial charge in [0, 0.05) is 22.2 Å². The van der Waals surface area contributed by atoms with Crippen LogP contribution >= 0.6 is 27.5 Å². The third-order valence-electron chi connectivity index (χ3n) is 3.24. The van der Waals surface area contributed by atoms with Gasteiger partial charge in [0.05, 0.1) is 23.8 Å². The predicted molar refractivity (Wildman–Crippen MR) is 80.8 cm³/mol. The van der Waals surface area contributed by atoms with Gasteiger partial charge in [-0.3, -0.25) is 9.67 Å². The number of benzene rings is 1. The van der Waals surface area contributed by atoms with E-state index in [1.165, 1.54) is 16.8 Å². The SMILES string of the molecule is FC(F)(F)c1cccc(Cl)c1Cn1nc(Br)c2ccncc21. The summed E-state index contributed by atoms with van der Waals surface area (Å²) in [5, 5.41) is 5.04. The molecule has 0 aliphatic carbocycles. The van der Waals surface area contributed by atoms with E-state index in [1.807, 2.05) is 0 Å². The van der Waals surface area contributed by atoms with Crippen molar-refractivity contribution in [1.29, 1.82) is 0 Å². The van der Waals surface area contributed by atoms with E-state index >= 15 is 0 Å². The van der Waals surface area contributed by atoms with Crippen molar-refractivity contribution in [3.8, 4) is 0 Å². The van der Waals surface area contributed by atoms with Crippen LogP contribution in [0.3, 0.4) is 0 Å². The Morgan fingerprint density at radius 3 is 2.73 bits per heavy atom. The van der Waals surface area contributed by atoms with Gasteiger partial charge in [-0.05, 0) is 34.1 Å². The van der Waals surface area contributed by atoms with E-state index in [1.54, 1.807) is 18.5 Å². The summed E-state index contributed by atoms with van der Waals surface area (Å²) in [4.78, 5) is 3.99. The minimum absolute atomic E-state index is 0.0163. The molecule has 0 saturated carbocycles. The zero-order valence-corrected chi connectivity index (χ0v) is 13.2. The van der Waals surface area contributed by atoms with Gasteiger partial charge in [-0.25, -0.2) is 0 Å². The summed E-state index contributed by atoms with van der Waals surface area (Å²) < 4.78 is 41.4. The van der Waals surface area contributed by atoms with Crippen molar-refractivity contribution in [2.24, 2.45) is 0 Å². The first-order chi connectivity index (χ1) is 10.4. The topological polar surface area (TPSA) is 30.7 Å². The van der Waals surface area contributed by atoms with Crippen molar-refractivity contribution in [1.82, 2.24) is 14.8 Å². The highest BCUT2D eigenvalue weighted by atomic mass is 79.9. The van der Waals surface area contributed by atoms with Crippen LogP contribution in [0.2, 0.25) is 5.02 Å².